The lowest BCUT2D eigenvalue weighted by molar-refractivity contribution is -0.605. The molecule has 0 aliphatic rings. The van der Waals surface area contributed by atoms with E-state index in [1.54, 1.807) is 12.1 Å². The molecule has 0 aliphatic carbocycles. The van der Waals surface area contributed by atoms with E-state index in [0.717, 1.165) is 11.1 Å². The Morgan fingerprint density at radius 2 is 1.39 bits per heavy atom. The summed E-state index contributed by atoms with van der Waals surface area (Å²) in [7, 11) is 0. The molecule has 0 radical (unpaired) electrons. The Morgan fingerprint density at radius 1 is 0.833 bits per heavy atom. The van der Waals surface area contributed by atoms with E-state index in [9.17, 15) is 5.21 Å². The molecule has 5 nitrogen and oxygen atoms in total. The minimum atomic E-state index is 0.398. The van der Waals surface area contributed by atoms with E-state index in [4.69, 9.17) is 4.42 Å². The fourth-order valence-corrected chi connectivity index (χ4v) is 1.59. The van der Waals surface area contributed by atoms with Crippen LogP contribution in [0, 0.1) is 5.21 Å². The molecule has 0 spiro atoms. The van der Waals surface area contributed by atoms with Gasteiger partial charge < -0.3 is 9.62 Å². The molecule has 3 aromatic rings. The van der Waals surface area contributed by atoms with Crippen molar-refractivity contribution in [2.24, 2.45) is 0 Å². The lowest BCUT2D eigenvalue weighted by atomic mass is 10.2. The minimum Gasteiger partial charge on any atom is -0.619 e. The van der Waals surface area contributed by atoms with Crippen molar-refractivity contribution in [3.63, 3.8) is 0 Å². The van der Waals surface area contributed by atoms with Gasteiger partial charge in [0.1, 0.15) is 0 Å². The molecular formula is C13H9N3O2. The smallest absolute Gasteiger partial charge is 0.248 e. The van der Waals surface area contributed by atoms with Crippen molar-refractivity contribution < 1.29 is 9.15 Å². The van der Waals surface area contributed by atoms with Crippen LogP contribution in [-0.4, -0.2) is 10.2 Å². The highest BCUT2D eigenvalue weighted by Crippen LogP contribution is 2.22. The molecule has 0 saturated heterocycles. The van der Waals surface area contributed by atoms with Gasteiger partial charge in [0, 0.05) is 17.7 Å². The van der Waals surface area contributed by atoms with Crippen molar-refractivity contribution in [3.05, 3.63) is 60.1 Å². The molecule has 0 bridgehead atoms. The van der Waals surface area contributed by atoms with Crippen molar-refractivity contribution >= 4 is 0 Å². The largest absolute Gasteiger partial charge is 0.619 e. The van der Waals surface area contributed by atoms with Gasteiger partial charge in [0.15, 0.2) is 12.4 Å². The molecule has 88 valence electrons. The predicted octanol–water partition coefficient (Wildman–Crippen LogP) is 2.04. The SMILES string of the molecule is [O-][n+]1ccc(-c2nnc(-c3ccccc3)o2)cc1. The Kier molecular flexibility index (Phi) is 2.49. The maximum atomic E-state index is 10.9. The number of nitrogens with zero attached hydrogens (tertiary/aromatic N) is 3. The van der Waals surface area contributed by atoms with E-state index in [2.05, 4.69) is 10.2 Å². The number of hydrogen-bond donors (Lipinski definition) is 0. The van der Waals surface area contributed by atoms with Crippen LogP contribution in [0.4, 0.5) is 0 Å². The zero-order chi connectivity index (χ0) is 12.4. The van der Waals surface area contributed by atoms with Crippen LogP contribution in [0.5, 0.6) is 0 Å². The minimum absolute atomic E-state index is 0.398. The van der Waals surface area contributed by atoms with Crippen molar-refractivity contribution in [1.29, 1.82) is 0 Å². The number of benzene rings is 1. The Morgan fingerprint density at radius 3 is 2.00 bits per heavy atom. The highest BCUT2D eigenvalue weighted by atomic mass is 16.5. The summed E-state index contributed by atoms with van der Waals surface area (Å²) in [6.45, 7) is 0. The zero-order valence-corrected chi connectivity index (χ0v) is 9.35. The van der Waals surface area contributed by atoms with E-state index in [0.29, 0.717) is 16.5 Å². The van der Waals surface area contributed by atoms with E-state index >= 15 is 0 Å². The first-order valence-corrected chi connectivity index (χ1v) is 5.41. The third-order valence-corrected chi connectivity index (χ3v) is 2.49. The fourth-order valence-electron chi connectivity index (χ4n) is 1.59. The van der Waals surface area contributed by atoms with Gasteiger partial charge in [-0.25, -0.2) is 0 Å². The standard InChI is InChI=1S/C13H9N3O2/c17-16-8-6-11(7-9-16)13-15-14-12(18-13)10-4-2-1-3-5-10/h1-9H. The fraction of sp³-hybridized carbons (Fsp3) is 0. The van der Waals surface area contributed by atoms with Gasteiger partial charge in [0.25, 0.3) is 0 Å². The molecule has 0 atom stereocenters. The summed E-state index contributed by atoms with van der Waals surface area (Å²) < 4.78 is 6.27. The summed E-state index contributed by atoms with van der Waals surface area (Å²) >= 11 is 0. The van der Waals surface area contributed by atoms with Crippen molar-refractivity contribution in [2.45, 2.75) is 0 Å². The molecule has 1 aromatic carbocycles. The average Bonchev–Trinajstić information content (AvgIpc) is 2.90. The Labute approximate surface area is 103 Å². The van der Waals surface area contributed by atoms with E-state index in [1.807, 2.05) is 30.3 Å². The molecule has 5 heteroatoms. The molecule has 2 heterocycles. The summed E-state index contributed by atoms with van der Waals surface area (Å²) in [5.41, 5.74) is 1.59. The maximum absolute atomic E-state index is 10.9. The second kappa shape index (κ2) is 4.29. The summed E-state index contributed by atoms with van der Waals surface area (Å²) in [6, 6.07) is 12.8. The Bertz CT molecular complexity index is 648. The maximum Gasteiger partial charge on any atom is 0.248 e. The second-order valence-electron chi connectivity index (χ2n) is 3.73. The summed E-state index contributed by atoms with van der Waals surface area (Å²) in [5, 5.41) is 18.9. The molecule has 18 heavy (non-hydrogen) atoms. The molecule has 0 amide bonds. The normalized spacial score (nSPS) is 10.4. The van der Waals surface area contributed by atoms with Crippen molar-refractivity contribution in [1.82, 2.24) is 10.2 Å². The van der Waals surface area contributed by atoms with Crippen LogP contribution in [0.2, 0.25) is 0 Å². The van der Waals surface area contributed by atoms with Gasteiger partial charge in [0.2, 0.25) is 11.8 Å². The molecule has 0 N–H and O–H groups in total. The number of hydrogen-bond acceptors (Lipinski definition) is 4. The van der Waals surface area contributed by atoms with E-state index in [1.165, 1.54) is 12.4 Å². The first kappa shape index (κ1) is 10.5. The Hall–Kier alpha value is -2.69. The summed E-state index contributed by atoms with van der Waals surface area (Å²) in [5.74, 6) is 0.860. The van der Waals surface area contributed by atoms with Crippen LogP contribution in [0.25, 0.3) is 22.9 Å². The molecule has 0 unspecified atom stereocenters. The number of rotatable bonds is 2. The van der Waals surface area contributed by atoms with Crippen LogP contribution in [0.3, 0.4) is 0 Å². The van der Waals surface area contributed by atoms with E-state index in [-0.39, 0.29) is 0 Å². The van der Waals surface area contributed by atoms with Gasteiger partial charge in [-0.05, 0) is 12.1 Å². The molecule has 0 aliphatic heterocycles. The highest BCUT2D eigenvalue weighted by molar-refractivity contribution is 5.56. The monoisotopic (exact) mass is 239 g/mol. The predicted molar refractivity (Wildman–Crippen MR) is 64.1 cm³/mol. The molecule has 2 aromatic heterocycles. The average molecular weight is 239 g/mol. The first-order chi connectivity index (χ1) is 8.83. The van der Waals surface area contributed by atoms with Crippen molar-refractivity contribution in [2.75, 3.05) is 0 Å². The van der Waals surface area contributed by atoms with Crippen LogP contribution in [-0.2, 0) is 0 Å². The van der Waals surface area contributed by atoms with Crippen LogP contribution in [0.15, 0.2) is 59.3 Å². The van der Waals surface area contributed by atoms with Crippen molar-refractivity contribution in [3.8, 4) is 22.9 Å². The molecule has 3 rings (SSSR count). The molecular weight excluding hydrogens is 230 g/mol. The first-order valence-electron chi connectivity index (χ1n) is 5.41. The number of aromatic nitrogens is 3. The molecule has 0 saturated carbocycles. The topological polar surface area (TPSA) is 65.9 Å². The quantitative estimate of drug-likeness (QED) is 0.507. The van der Waals surface area contributed by atoms with Gasteiger partial charge in [0.05, 0.1) is 5.56 Å². The van der Waals surface area contributed by atoms with Gasteiger partial charge in [-0.3, -0.25) is 0 Å². The van der Waals surface area contributed by atoms with Crippen LogP contribution < -0.4 is 4.73 Å². The molecule has 0 fully saturated rings. The Balaban J connectivity index is 1.97. The van der Waals surface area contributed by atoms with E-state index < -0.39 is 0 Å². The third-order valence-electron chi connectivity index (χ3n) is 2.49. The number of pyridine rings is 1. The third kappa shape index (κ3) is 1.93. The van der Waals surface area contributed by atoms with Gasteiger partial charge in [-0.1, -0.05) is 18.2 Å². The summed E-state index contributed by atoms with van der Waals surface area (Å²) in [6.07, 6.45) is 2.78. The van der Waals surface area contributed by atoms with Gasteiger partial charge >= 0.3 is 0 Å². The van der Waals surface area contributed by atoms with Gasteiger partial charge in [-0.2, -0.15) is 4.73 Å². The lowest BCUT2D eigenvalue weighted by Gasteiger charge is -1.95. The van der Waals surface area contributed by atoms with Crippen LogP contribution in [0.1, 0.15) is 0 Å². The second-order valence-corrected chi connectivity index (χ2v) is 3.73. The zero-order valence-electron chi connectivity index (χ0n) is 9.35. The van der Waals surface area contributed by atoms with Gasteiger partial charge in [-0.15, -0.1) is 10.2 Å². The highest BCUT2D eigenvalue weighted by Gasteiger charge is 2.10. The van der Waals surface area contributed by atoms with Crippen LogP contribution >= 0.6 is 0 Å². The summed E-state index contributed by atoms with van der Waals surface area (Å²) in [4.78, 5) is 0. The lowest BCUT2D eigenvalue weighted by Crippen LogP contribution is -2.23.